The predicted molar refractivity (Wildman–Crippen MR) is 70.2 cm³/mol. The number of rotatable bonds is 3. The maximum absolute atomic E-state index is 13.4. The minimum absolute atomic E-state index is 0.0979. The molecule has 0 radical (unpaired) electrons. The first-order chi connectivity index (χ1) is 9.99. The normalized spacial score (nSPS) is 10.0. The Labute approximate surface area is 117 Å². The molecule has 0 spiro atoms. The summed E-state index contributed by atoms with van der Waals surface area (Å²) in [5, 5.41) is 13.0. The summed E-state index contributed by atoms with van der Waals surface area (Å²) in [6.07, 6.45) is 1.24. The van der Waals surface area contributed by atoms with Crippen molar-refractivity contribution in [2.45, 2.75) is 0 Å². The van der Waals surface area contributed by atoms with Gasteiger partial charge >= 0.3 is 12.0 Å². The van der Waals surface area contributed by atoms with Crippen LogP contribution in [0.15, 0.2) is 36.5 Å². The average molecular weight is 293 g/mol. The lowest BCUT2D eigenvalue weighted by atomic mass is 10.3. The lowest BCUT2D eigenvalue weighted by molar-refractivity contribution is 0.0691. The third-order valence-corrected chi connectivity index (χ3v) is 2.46. The number of carboxylic acid groups (broad SMARTS) is 1. The van der Waals surface area contributed by atoms with Crippen LogP contribution in [0.25, 0.3) is 0 Å². The molecule has 1 aromatic heterocycles. The molecular weight excluding hydrogens is 284 g/mol. The fourth-order valence-corrected chi connectivity index (χ4v) is 1.56. The summed E-state index contributed by atoms with van der Waals surface area (Å²) in [6, 6.07) is 4.82. The van der Waals surface area contributed by atoms with Crippen LogP contribution in [0.1, 0.15) is 10.5 Å². The van der Waals surface area contributed by atoms with Gasteiger partial charge in [-0.25, -0.2) is 23.4 Å². The fourth-order valence-electron chi connectivity index (χ4n) is 1.56. The molecular formula is C13H9F2N3O3. The van der Waals surface area contributed by atoms with Crippen molar-refractivity contribution >= 4 is 23.4 Å². The van der Waals surface area contributed by atoms with Crippen LogP contribution in [0.5, 0.6) is 0 Å². The van der Waals surface area contributed by atoms with Crippen molar-refractivity contribution in [2.24, 2.45) is 0 Å². The van der Waals surface area contributed by atoms with Gasteiger partial charge in [-0.15, -0.1) is 0 Å². The number of urea groups is 1. The third-order valence-electron chi connectivity index (χ3n) is 2.46. The number of para-hydroxylation sites is 1. The topological polar surface area (TPSA) is 91.3 Å². The summed E-state index contributed by atoms with van der Waals surface area (Å²) < 4.78 is 26.7. The van der Waals surface area contributed by atoms with Gasteiger partial charge in [0.2, 0.25) is 0 Å². The zero-order chi connectivity index (χ0) is 15.4. The summed E-state index contributed by atoms with van der Waals surface area (Å²) in [7, 11) is 0. The summed E-state index contributed by atoms with van der Waals surface area (Å²) in [6.45, 7) is 0. The second kappa shape index (κ2) is 5.95. The van der Waals surface area contributed by atoms with Gasteiger partial charge in [-0.2, -0.15) is 0 Å². The van der Waals surface area contributed by atoms with Crippen LogP contribution >= 0.6 is 0 Å². The molecule has 21 heavy (non-hydrogen) atoms. The average Bonchev–Trinajstić information content (AvgIpc) is 2.43. The van der Waals surface area contributed by atoms with E-state index in [1.807, 2.05) is 5.32 Å². The smallest absolute Gasteiger partial charge is 0.356 e. The number of nitrogens with one attached hydrogen (secondary N) is 2. The summed E-state index contributed by atoms with van der Waals surface area (Å²) in [4.78, 5) is 26.2. The lowest BCUT2D eigenvalue weighted by Gasteiger charge is -2.10. The highest BCUT2D eigenvalue weighted by molar-refractivity contribution is 6.03. The zero-order valence-corrected chi connectivity index (χ0v) is 10.4. The van der Waals surface area contributed by atoms with Gasteiger partial charge in [0.25, 0.3) is 0 Å². The van der Waals surface area contributed by atoms with Crippen molar-refractivity contribution in [1.29, 1.82) is 0 Å². The van der Waals surface area contributed by atoms with E-state index in [0.717, 1.165) is 18.2 Å². The second-order valence-electron chi connectivity index (χ2n) is 3.88. The number of carbonyl (C=O) groups is 2. The molecule has 0 unspecified atom stereocenters. The molecule has 2 aromatic rings. The van der Waals surface area contributed by atoms with Gasteiger partial charge in [0.1, 0.15) is 17.3 Å². The Hall–Kier alpha value is -3.03. The van der Waals surface area contributed by atoms with Gasteiger partial charge in [0, 0.05) is 6.20 Å². The first-order valence-electron chi connectivity index (χ1n) is 5.69. The number of benzene rings is 1. The standard InChI is InChI=1S/C13H9F2N3O3/c14-7-3-1-4-8(15)10(7)18-13(21)17-9-5-2-6-16-11(9)12(19)20/h1-6H,(H,19,20)(H2,17,18,21). The van der Waals surface area contributed by atoms with Crippen LogP contribution in [0.2, 0.25) is 0 Å². The molecule has 2 amide bonds. The predicted octanol–water partition coefficient (Wildman–Crippen LogP) is 2.70. The molecule has 1 heterocycles. The summed E-state index contributed by atoms with van der Waals surface area (Å²) in [5.41, 5.74) is -1.11. The highest BCUT2D eigenvalue weighted by Gasteiger charge is 2.15. The molecule has 0 saturated heterocycles. The van der Waals surface area contributed by atoms with E-state index in [1.54, 1.807) is 0 Å². The van der Waals surface area contributed by atoms with Crippen molar-refractivity contribution in [3.63, 3.8) is 0 Å². The molecule has 0 atom stereocenters. The van der Waals surface area contributed by atoms with E-state index >= 15 is 0 Å². The molecule has 0 fully saturated rings. The monoisotopic (exact) mass is 293 g/mol. The number of halogens is 2. The van der Waals surface area contributed by atoms with E-state index in [-0.39, 0.29) is 11.4 Å². The molecule has 0 aliphatic rings. The van der Waals surface area contributed by atoms with Gasteiger partial charge in [-0.05, 0) is 24.3 Å². The van der Waals surface area contributed by atoms with Gasteiger partial charge in [-0.3, -0.25) is 0 Å². The van der Waals surface area contributed by atoms with Crippen LogP contribution in [0.3, 0.4) is 0 Å². The van der Waals surface area contributed by atoms with E-state index in [2.05, 4.69) is 10.3 Å². The van der Waals surface area contributed by atoms with E-state index in [0.29, 0.717) is 0 Å². The van der Waals surface area contributed by atoms with Crippen LogP contribution in [-0.4, -0.2) is 22.1 Å². The Morgan fingerprint density at radius 3 is 2.33 bits per heavy atom. The number of hydrogen-bond donors (Lipinski definition) is 3. The third kappa shape index (κ3) is 3.30. The van der Waals surface area contributed by atoms with Crippen molar-refractivity contribution in [3.05, 3.63) is 53.9 Å². The number of anilines is 2. The van der Waals surface area contributed by atoms with Crippen molar-refractivity contribution in [2.75, 3.05) is 10.6 Å². The SMILES string of the molecule is O=C(Nc1cccnc1C(=O)O)Nc1c(F)cccc1F. The van der Waals surface area contributed by atoms with Gasteiger partial charge in [-0.1, -0.05) is 6.07 Å². The Morgan fingerprint density at radius 1 is 1.05 bits per heavy atom. The largest absolute Gasteiger partial charge is 0.476 e. The van der Waals surface area contributed by atoms with Crippen LogP contribution < -0.4 is 10.6 Å². The maximum Gasteiger partial charge on any atom is 0.356 e. The molecule has 0 bridgehead atoms. The van der Waals surface area contributed by atoms with Crippen LogP contribution in [0.4, 0.5) is 25.0 Å². The summed E-state index contributed by atoms with van der Waals surface area (Å²) in [5.74, 6) is -3.24. The number of carboxylic acids is 1. The molecule has 0 aliphatic carbocycles. The quantitative estimate of drug-likeness (QED) is 0.811. The first kappa shape index (κ1) is 14.4. The van der Waals surface area contributed by atoms with Crippen molar-refractivity contribution < 1.29 is 23.5 Å². The Bertz CT molecular complexity index is 687. The molecule has 6 nitrogen and oxygen atoms in total. The molecule has 3 N–H and O–H groups in total. The maximum atomic E-state index is 13.4. The lowest BCUT2D eigenvalue weighted by Crippen LogP contribution is -2.22. The van der Waals surface area contributed by atoms with Gasteiger partial charge < -0.3 is 15.7 Å². The molecule has 0 saturated carbocycles. The number of aromatic nitrogens is 1. The number of amides is 2. The molecule has 2 rings (SSSR count). The minimum Gasteiger partial charge on any atom is -0.476 e. The van der Waals surface area contributed by atoms with E-state index in [4.69, 9.17) is 5.11 Å². The van der Waals surface area contributed by atoms with E-state index < -0.39 is 29.3 Å². The number of nitrogens with zero attached hydrogens (tertiary/aromatic N) is 1. The number of hydrogen-bond acceptors (Lipinski definition) is 3. The number of carbonyl (C=O) groups excluding carboxylic acids is 1. The fraction of sp³-hybridized carbons (Fsp3) is 0. The van der Waals surface area contributed by atoms with Crippen LogP contribution in [-0.2, 0) is 0 Å². The zero-order valence-electron chi connectivity index (χ0n) is 10.4. The second-order valence-corrected chi connectivity index (χ2v) is 3.88. The van der Waals surface area contributed by atoms with E-state index in [9.17, 15) is 18.4 Å². The molecule has 0 aliphatic heterocycles. The van der Waals surface area contributed by atoms with Crippen LogP contribution in [0, 0.1) is 11.6 Å². The first-order valence-corrected chi connectivity index (χ1v) is 5.69. The van der Waals surface area contributed by atoms with E-state index in [1.165, 1.54) is 18.3 Å². The number of pyridine rings is 1. The molecule has 8 heteroatoms. The van der Waals surface area contributed by atoms with Gasteiger partial charge in [0.15, 0.2) is 5.69 Å². The summed E-state index contributed by atoms with van der Waals surface area (Å²) >= 11 is 0. The Balaban J connectivity index is 2.18. The Morgan fingerprint density at radius 2 is 1.71 bits per heavy atom. The highest BCUT2D eigenvalue weighted by atomic mass is 19.1. The van der Waals surface area contributed by atoms with Gasteiger partial charge in [0.05, 0.1) is 5.69 Å². The Kier molecular flexibility index (Phi) is 4.07. The van der Waals surface area contributed by atoms with Crippen molar-refractivity contribution in [3.8, 4) is 0 Å². The molecule has 108 valence electrons. The highest BCUT2D eigenvalue weighted by Crippen LogP contribution is 2.19. The minimum atomic E-state index is -1.34. The molecule has 1 aromatic carbocycles. The van der Waals surface area contributed by atoms with Crippen molar-refractivity contribution in [1.82, 2.24) is 4.98 Å². The number of aromatic carboxylic acids is 1.